The highest BCUT2D eigenvalue weighted by Crippen LogP contribution is 2.38. The summed E-state index contributed by atoms with van der Waals surface area (Å²) in [4.78, 5) is 10.9. The van der Waals surface area contributed by atoms with Gasteiger partial charge in [0.2, 0.25) is 0 Å². The van der Waals surface area contributed by atoms with E-state index in [-0.39, 0.29) is 11.1 Å². The van der Waals surface area contributed by atoms with Crippen LogP contribution in [-0.2, 0) is 0 Å². The number of rotatable bonds is 2. The van der Waals surface area contributed by atoms with E-state index in [2.05, 4.69) is 102 Å². The van der Waals surface area contributed by atoms with Crippen LogP contribution in [-0.4, -0.2) is 22.5 Å². The summed E-state index contributed by atoms with van der Waals surface area (Å²) in [6.45, 7) is 13.3. The number of aliphatic imine (C=N–C) groups is 2. The molecule has 0 aliphatic heterocycles. The zero-order valence-electron chi connectivity index (χ0n) is 20.1. The molecule has 3 aliphatic carbocycles. The fraction of sp³-hybridized carbons (Fsp3) is 0.333. The van der Waals surface area contributed by atoms with E-state index in [4.69, 9.17) is 9.98 Å². The normalized spacial score (nSPS) is 29.8. The highest BCUT2D eigenvalue weighted by molar-refractivity contribution is 6.61. The third-order valence-electron chi connectivity index (χ3n) is 6.67. The van der Waals surface area contributed by atoms with Crippen molar-refractivity contribution >= 4 is 22.2 Å². The van der Waals surface area contributed by atoms with E-state index < -0.39 is 0 Å². The van der Waals surface area contributed by atoms with Gasteiger partial charge in [-0.2, -0.15) is 0 Å². The highest BCUT2D eigenvalue weighted by atomic mass is 14.9. The Hall–Kier alpha value is -3.00. The fourth-order valence-corrected chi connectivity index (χ4v) is 6.05. The van der Waals surface area contributed by atoms with Crippen molar-refractivity contribution in [2.45, 2.75) is 65.5 Å². The molecule has 32 heavy (non-hydrogen) atoms. The molecule has 3 aliphatic rings. The second-order valence-electron chi connectivity index (χ2n) is 10.5. The second kappa shape index (κ2) is 7.27. The molecule has 5 rings (SSSR count). The molecule has 2 atom stereocenters. The van der Waals surface area contributed by atoms with Gasteiger partial charge in [0.25, 0.3) is 0 Å². The van der Waals surface area contributed by atoms with Crippen molar-refractivity contribution in [1.82, 2.24) is 0 Å². The van der Waals surface area contributed by atoms with Crippen LogP contribution in [0.4, 0.5) is 0 Å². The summed E-state index contributed by atoms with van der Waals surface area (Å²) in [5, 5.41) is 2.54. The van der Waals surface area contributed by atoms with E-state index in [0.717, 1.165) is 24.3 Å². The number of allylic oxidation sites excluding steroid dienone is 4. The topological polar surface area (TPSA) is 24.7 Å². The van der Waals surface area contributed by atoms with Gasteiger partial charge >= 0.3 is 0 Å². The molecular formula is C30H32N2. The van der Waals surface area contributed by atoms with Gasteiger partial charge < -0.3 is 0 Å². The Labute approximate surface area is 191 Å². The Morgan fingerprint density at radius 3 is 1.50 bits per heavy atom. The maximum atomic E-state index is 5.46. The summed E-state index contributed by atoms with van der Waals surface area (Å²) in [6, 6.07) is 13.1. The quantitative estimate of drug-likeness (QED) is 0.479. The van der Waals surface area contributed by atoms with E-state index in [1.54, 1.807) is 0 Å². The molecular weight excluding hydrogens is 388 g/mol. The van der Waals surface area contributed by atoms with Crippen molar-refractivity contribution in [1.29, 1.82) is 0 Å². The molecule has 2 heteroatoms. The van der Waals surface area contributed by atoms with Crippen molar-refractivity contribution < 1.29 is 0 Å². The molecule has 0 bridgehead atoms. The molecule has 0 aromatic heterocycles. The Kier molecular flexibility index (Phi) is 4.74. The lowest BCUT2D eigenvalue weighted by Crippen LogP contribution is -2.29. The maximum Gasteiger partial charge on any atom is 0.0922 e. The Balaban J connectivity index is 1.74. The molecule has 0 radical (unpaired) electrons. The third kappa shape index (κ3) is 3.62. The first-order valence-electron chi connectivity index (χ1n) is 11.6. The van der Waals surface area contributed by atoms with Crippen LogP contribution in [0.3, 0.4) is 0 Å². The minimum Gasteiger partial charge on any atom is -0.272 e. The molecule has 162 valence electrons. The van der Waals surface area contributed by atoms with Crippen molar-refractivity contribution in [3.63, 3.8) is 0 Å². The molecule has 2 aromatic rings. The van der Waals surface area contributed by atoms with Crippen molar-refractivity contribution in [2.75, 3.05) is 0 Å². The lowest BCUT2D eigenvalue weighted by atomic mass is 9.85. The molecule has 0 fully saturated rings. The van der Waals surface area contributed by atoms with Gasteiger partial charge in [-0.3, -0.25) is 9.98 Å². The summed E-state index contributed by atoms with van der Waals surface area (Å²) in [6.07, 6.45) is 11.0. The van der Waals surface area contributed by atoms with Crippen LogP contribution < -0.4 is 0 Å². The predicted molar refractivity (Wildman–Crippen MR) is 138 cm³/mol. The van der Waals surface area contributed by atoms with Crippen LogP contribution >= 0.6 is 0 Å². The third-order valence-corrected chi connectivity index (χ3v) is 6.67. The van der Waals surface area contributed by atoms with E-state index in [9.17, 15) is 0 Å². The van der Waals surface area contributed by atoms with Crippen LogP contribution in [0.2, 0.25) is 0 Å². The van der Waals surface area contributed by atoms with Gasteiger partial charge in [0.15, 0.2) is 0 Å². The van der Waals surface area contributed by atoms with E-state index >= 15 is 0 Å². The first-order valence-corrected chi connectivity index (χ1v) is 11.6. The molecule has 0 spiro atoms. The fourth-order valence-electron chi connectivity index (χ4n) is 6.05. The van der Waals surface area contributed by atoms with Crippen molar-refractivity contribution in [3.05, 3.63) is 94.1 Å². The molecule has 0 heterocycles. The molecule has 0 saturated heterocycles. The number of hydrogen-bond donors (Lipinski definition) is 0. The van der Waals surface area contributed by atoms with Gasteiger partial charge in [-0.05, 0) is 59.8 Å². The summed E-state index contributed by atoms with van der Waals surface area (Å²) in [5.41, 5.74) is 9.29. The van der Waals surface area contributed by atoms with Gasteiger partial charge in [-0.1, -0.05) is 83.0 Å². The largest absolute Gasteiger partial charge is 0.272 e. The van der Waals surface area contributed by atoms with Crippen molar-refractivity contribution in [2.24, 2.45) is 9.98 Å². The standard InChI is InChI=1S/C30H32N2/c1-19-13-20(2)16-29(5,15-19)31-27-24-11-7-9-23-10-8-12-25(26(23)24)28(27)32-30(6)17-21(3)14-22(4)18-30/h7-15,17H,16,18H2,1-6H3. The lowest BCUT2D eigenvalue weighted by Gasteiger charge is -2.29. The molecule has 2 aromatic carbocycles. The predicted octanol–water partition coefficient (Wildman–Crippen LogP) is 7.54. The van der Waals surface area contributed by atoms with Crippen LogP contribution in [0.5, 0.6) is 0 Å². The summed E-state index contributed by atoms with van der Waals surface area (Å²) in [7, 11) is 0. The maximum absolute atomic E-state index is 5.46. The van der Waals surface area contributed by atoms with E-state index in [0.29, 0.717) is 0 Å². The number of nitrogens with zero attached hydrogens (tertiary/aromatic N) is 2. The SMILES string of the molecule is CC1=CC(C)(N=C2C(=NC3(C)C=C(C)C=C(C)C3)c3cccc4cccc2c34)CC(C)=C1. The smallest absolute Gasteiger partial charge is 0.0922 e. The summed E-state index contributed by atoms with van der Waals surface area (Å²) < 4.78 is 0. The van der Waals surface area contributed by atoms with Crippen LogP contribution in [0, 0.1) is 0 Å². The second-order valence-corrected chi connectivity index (χ2v) is 10.5. The number of benzene rings is 2. The van der Waals surface area contributed by atoms with Crippen LogP contribution in [0.1, 0.15) is 65.5 Å². The average Bonchev–Trinajstić information content (AvgIpc) is 2.94. The summed E-state index contributed by atoms with van der Waals surface area (Å²) in [5.74, 6) is 0. The Bertz CT molecular complexity index is 1230. The molecule has 0 N–H and O–H groups in total. The lowest BCUT2D eigenvalue weighted by molar-refractivity contribution is 0.567. The van der Waals surface area contributed by atoms with Gasteiger partial charge in [0.05, 0.1) is 22.5 Å². The highest BCUT2D eigenvalue weighted by Gasteiger charge is 2.34. The van der Waals surface area contributed by atoms with E-state index in [1.165, 1.54) is 44.2 Å². The van der Waals surface area contributed by atoms with Gasteiger partial charge in [0.1, 0.15) is 0 Å². The van der Waals surface area contributed by atoms with Gasteiger partial charge in [0, 0.05) is 16.5 Å². The van der Waals surface area contributed by atoms with Gasteiger partial charge in [-0.25, -0.2) is 0 Å². The number of hydrogen-bond acceptors (Lipinski definition) is 2. The zero-order valence-corrected chi connectivity index (χ0v) is 20.1. The van der Waals surface area contributed by atoms with Crippen LogP contribution in [0.25, 0.3) is 10.8 Å². The average molecular weight is 421 g/mol. The first-order chi connectivity index (χ1) is 15.1. The molecule has 0 saturated carbocycles. The summed E-state index contributed by atoms with van der Waals surface area (Å²) >= 11 is 0. The molecule has 2 nitrogen and oxygen atoms in total. The Morgan fingerprint density at radius 1 is 0.656 bits per heavy atom. The van der Waals surface area contributed by atoms with Gasteiger partial charge in [-0.15, -0.1) is 0 Å². The van der Waals surface area contributed by atoms with Crippen molar-refractivity contribution in [3.8, 4) is 0 Å². The minimum atomic E-state index is -0.266. The first kappa shape index (κ1) is 20.9. The van der Waals surface area contributed by atoms with E-state index in [1.807, 2.05) is 0 Å². The zero-order chi connectivity index (χ0) is 22.7. The minimum absolute atomic E-state index is 0.266. The van der Waals surface area contributed by atoms with Crippen LogP contribution in [0.15, 0.2) is 93.0 Å². The Morgan fingerprint density at radius 2 is 1.09 bits per heavy atom. The molecule has 2 unspecified atom stereocenters. The molecule has 0 amide bonds. The monoisotopic (exact) mass is 420 g/mol.